The maximum absolute atomic E-state index is 5.70. The molecule has 0 bridgehead atoms. The van der Waals surface area contributed by atoms with E-state index < -0.39 is 0 Å². The summed E-state index contributed by atoms with van der Waals surface area (Å²) in [6, 6.07) is 1.76. The fourth-order valence-corrected chi connectivity index (χ4v) is 1.01. The van der Waals surface area contributed by atoms with Crippen molar-refractivity contribution in [3.05, 3.63) is 17.8 Å². The van der Waals surface area contributed by atoms with Crippen molar-refractivity contribution in [3.8, 4) is 17.7 Å². The summed E-state index contributed by atoms with van der Waals surface area (Å²) in [6.45, 7) is 0.714. The minimum atomic E-state index is 0.438. The second-order valence-electron chi connectivity index (χ2n) is 3.36. The summed E-state index contributed by atoms with van der Waals surface area (Å²) < 4.78 is 4.95. The van der Waals surface area contributed by atoms with Gasteiger partial charge in [-0.2, -0.15) is 0 Å². The number of nitrogens with zero attached hydrogens (tertiary/aromatic N) is 2. The van der Waals surface area contributed by atoms with Gasteiger partial charge in [-0.15, -0.1) is 0 Å². The number of nitrogen functional groups attached to an aromatic ring is 1. The Labute approximate surface area is 90.1 Å². The lowest BCUT2D eigenvalue weighted by molar-refractivity contribution is 0.400. The van der Waals surface area contributed by atoms with E-state index in [1.807, 2.05) is 19.0 Å². The third kappa shape index (κ3) is 3.49. The van der Waals surface area contributed by atoms with E-state index in [1.54, 1.807) is 12.3 Å². The second-order valence-corrected chi connectivity index (χ2v) is 3.36. The maximum atomic E-state index is 5.70. The quantitative estimate of drug-likeness (QED) is 0.718. The minimum absolute atomic E-state index is 0.438. The summed E-state index contributed by atoms with van der Waals surface area (Å²) in [6.07, 6.45) is 1.65. The number of pyridine rings is 1. The third-order valence-corrected chi connectivity index (χ3v) is 1.70. The lowest BCUT2D eigenvalue weighted by Gasteiger charge is -2.03. The normalized spacial score (nSPS) is 9.60. The molecule has 4 heteroatoms. The van der Waals surface area contributed by atoms with E-state index in [0.717, 1.165) is 5.56 Å². The molecule has 0 spiro atoms. The zero-order valence-corrected chi connectivity index (χ0v) is 9.24. The molecule has 0 aliphatic rings. The molecule has 0 radical (unpaired) electrons. The Hall–Kier alpha value is -1.73. The van der Waals surface area contributed by atoms with Gasteiger partial charge in [-0.1, -0.05) is 11.8 Å². The molecular formula is C11H15N3O. The van der Waals surface area contributed by atoms with Crippen LogP contribution in [0, 0.1) is 11.8 Å². The van der Waals surface area contributed by atoms with Crippen LogP contribution in [0.2, 0.25) is 0 Å². The van der Waals surface area contributed by atoms with E-state index in [-0.39, 0.29) is 0 Å². The van der Waals surface area contributed by atoms with Crippen molar-refractivity contribution in [1.82, 2.24) is 9.88 Å². The molecule has 1 rings (SSSR count). The van der Waals surface area contributed by atoms with Crippen LogP contribution in [-0.4, -0.2) is 37.6 Å². The molecule has 1 aromatic heterocycles. The Kier molecular flexibility index (Phi) is 3.95. The van der Waals surface area contributed by atoms with E-state index in [0.29, 0.717) is 18.1 Å². The standard InChI is InChI=1S/C11H15N3O/c1-14(2)6-4-5-9-7-10(12)11(15-3)13-8-9/h7-8H,6,12H2,1-3H3. The first-order chi connectivity index (χ1) is 7.13. The van der Waals surface area contributed by atoms with Gasteiger partial charge in [0.2, 0.25) is 5.88 Å². The number of methoxy groups -OCH3 is 1. The summed E-state index contributed by atoms with van der Waals surface area (Å²) in [4.78, 5) is 6.02. The first-order valence-corrected chi connectivity index (χ1v) is 4.56. The van der Waals surface area contributed by atoms with Crippen LogP contribution in [0.4, 0.5) is 5.69 Å². The molecule has 2 N–H and O–H groups in total. The molecule has 0 unspecified atom stereocenters. The molecule has 0 amide bonds. The molecule has 0 fully saturated rings. The molecule has 4 nitrogen and oxygen atoms in total. The molecule has 0 aliphatic heterocycles. The Morgan fingerprint density at radius 2 is 2.27 bits per heavy atom. The molecular weight excluding hydrogens is 190 g/mol. The molecule has 1 heterocycles. The number of hydrogen-bond acceptors (Lipinski definition) is 4. The first kappa shape index (κ1) is 11.3. The van der Waals surface area contributed by atoms with E-state index in [4.69, 9.17) is 10.5 Å². The lowest BCUT2D eigenvalue weighted by atomic mass is 10.2. The number of nitrogens with two attached hydrogens (primary N) is 1. The second kappa shape index (κ2) is 5.23. The van der Waals surface area contributed by atoms with Crippen LogP contribution >= 0.6 is 0 Å². The average molecular weight is 205 g/mol. The van der Waals surface area contributed by atoms with Crippen LogP contribution < -0.4 is 10.5 Å². The summed E-state index contributed by atoms with van der Waals surface area (Å²) in [5.41, 5.74) is 7.01. The molecule has 0 aromatic carbocycles. The van der Waals surface area contributed by atoms with Crippen molar-refractivity contribution < 1.29 is 4.74 Å². The van der Waals surface area contributed by atoms with Gasteiger partial charge >= 0.3 is 0 Å². The van der Waals surface area contributed by atoms with Gasteiger partial charge in [-0.25, -0.2) is 4.98 Å². The molecule has 1 aromatic rings. The average Bonchev–Trinajstić information content (AvgIpc) is 2.17. The van der Waals surface area contributed by atoms with E-state index >= 15 is 0 Å². The number of hydrogen-bond donors (Lipinski definition) is 1. The van der Waals surface area contributed by atoms with E-state index in [9.17, 15) is 0 Å². The molecule has 15 heavy (non-hydrogen) atoms. The Morgan fingerprint density at radius 1 is 1.53 bits per heavy atom. The summed E-state index contributed by atoms with van der Waals surface area (Å²) in [7, 11) is 5.47. The van der Waals surface area contributed by atoms with Gasteiger partial charge in [0.25, 0.3) is 0 Å². The van der Waals surface area contributed by atoms with Crippen LogP contribution in [0.5, 0.6) is 5.88 Å². The number of anilines is 1. The van der Waals surface area contributed by atoms with Crippen LogP contribution in [0.25, 0.3) is 0 Å². The SMILES string of the molecule is COc1ncc(C#CCN(C)C)cc1N. The third-order valence-electron chi connectivity index (χ3n) is 1.70. The van der Waals surface area contributed by atoms with Crippen LogP contribution in [0.1, 0.15) is 5.56 Å². The van der Waals surface area contributed by atoms with Crippen molar-refractivity contribution in [3.63, 3.8) is 0 Å². The minimum Gasteiger partial charge on any atom is -0.480 e. The van der Waals surface area contributed by atoms with Gasteiger partial charge < -0.3 is 10.5 Å². The largest absolute Gasteiger partial charge is 0.480 e. The topological polar surface area (TPSA) is 51.4 Å². The summed E-state index contributed by atoms with van der Waals surface area (Å²) >= 11 is 0. The highest BCUT2D eigenvalue weighted by Gasteiger charge is 1.99. The van der Waals surface area contributed by atoms with Gasteiger partial charge in [-0.05, 0) is 20.2 Å². The number of rotatable bonds is 2. The van der Waals surface area contributed by atoms with Crippen molar-refractivity contribution in [2.24, 2.45) is 0 Å². The van der Waals surface area contributed by atoms with Gasteiger partial charge in [-0.3, -0.25) is 4.90 Å². The smallest absolute Gasteiger partial charge is 0.236 e. The highest BCUT2D eigenvalue weighted by Crippen LogP contribution is 2.17. The van der Waals surface area contributed by atoms with Crippen LogP contribution in [0.3, 0.4) is 0 Å². The van der Waals surface area contributed by atoms with Gasteiger partial charge in [0.05, 0.1) is 19.3 Å². The Balaban J connectivity index is 2.78. The van der Waals surface area contributed by atoms with Crippen molar-refractivity contribution in [2.45, 2.75) is 0 Å². The zero-order valence-electron chi connectivity index (χ0n) is 9.24. The number of ether oxygens (including phenoxy) is 1. The predicted molar refractivity (Wildman–Crippen MR) is 60.6 cm³/mol. The molecule has 0 aliphatic carbocycles. The molecule has 80 valence electrons. The van der Waals surface area contributed by atoms with Gasteiger partial charge in [0.15, 0.2) is 0 Å². The highest BCUT2D eigenvalue weighted by atomic mass is 16.5. The summed E-state index contributed by atoms with van der Waals surface area (Å²) in [5, 5.41) is 0. The predicted octanol–water partition coefficient (Wildman–Crippen LogP) is 0.586. The fourth-order valence-electron chi connectivity index (χ4n) is 1.01. The fraction of sp³-hybridized carbons (Fsp3) is 0.364. The van der Waals surface area contributed by atoms with Gasteiger partial charge in [0.1, 0.15) is 0 Å². The lowest BCUT2D eigenvalue weighted by Crippen LogP contribution is -2.10. The number of aromatic nitrogens is 1. The molecule has 0 saturated carbocycles. The van der Waals surface area contributed by atoms with Crippen molar-refractivity contribution >= 4 is 5.69 Å². The molecule has 0 atom stereocenters. The Bertz CT molecular complexity index is 391. The van der Waals surface area contributed by atoms with Crippen LogP contribution in [0.15, 0.2) is 12.3 Å². The van der Waals surface area contributed by atoms with Crippen molar-refractivity contribution in [1.29, 1.82) is 0 Å². The van der Waals surface area contributed by atoms with Crippen LogP contribution in [-0.2, 0) is 0 Å². The van der Waals surface area contributed by atoms with E-state index in [2.05, 4.69) is 16.8 Å². The summed E-state index contributed by atoms with van der Waals surface area (Å²) in [5.74, 6) is 6.42. The Morgan fingerprint density at radius 3 is 2.80 bits per heavy atom. The first-order valence-electron chi connectivity index (χ1n) is 4.56. The monoisotopic (exact) mass is 205 g/mol. The van der Waals surface area contributed by atoms with Crippen molar-refractivity contribution in [2.75, 3.05) is 33.5 Å². The maximum Gasteiger partial charge on any atom is 0.236 e. The highest BCUT2D eigenvalue weighted by molar-refractivity contribution is 5.52. The zero-order chi connectivity index (χ0) is 11.3. The van der Waals surface area contributed by atoms with E-state index in [1.165, 1.54) is 7.11 Å². The molecule has 0 saturated heterocycles. The van der Waals surface area contributed by atoms with Gasteiger partial charge in [0, 0.05) is 11.8 Å².